The van der Waals surface area contributed by atoms with Crippen molar-refractivity contribution in [2.24, 2.45) is 11.7 Å². The topological polar surface area (TPSA) is 123 Å². The molecule has 0 aromatic carbocycles. The van der Waals surface area contributed by atoms with Crippen LogP contribution in [0.25, 0.3) is 5.52 Å². The maximum absolute atomic E-state index is 15.5. The van der Waals surface area contributed by atoms with E-state index >= 15 is 4.39 Å². The number of nitrogens with zero attached hydrogens (tertiary/aromatic N) is 3. The zero-order valence-corrected chi connectivity index (χ0v) is 17.3. The Morgan fingerprint density at radius 3 is 2.61 bits per heavy atom. The van der Waals surface area contributed by atoms with Crippen molar-refractivity contribution < 1.29 is 4.39 Å². The molecule has 0 amide bonds. The van der Waals surface area contributed by atoms with Crippen LogP contribution in [0.5, 0.6) is 0 Å². The number of pyridine rings is 2. The summed E-state index contributed by atoms with van der Waals surface area (Å²) in [6, 6.07) is 3.60. The van der Waals surface area contributed by atoms with E-state index in [0.29, 0.717) is 35.4 Å². The number of aromatic amines is 1. The van der Waals surface area contributed by atoms with E-state index in [2.05, 4.69) is 9.97 Å². The van der Waals surface area contributed by atoms with Gasteiger partial charge in [-0.3, -0.25) is 14.8 Å². The molecule has 0 spiro atoms. The number of rotatable bonds is 4. The number of aryl methyl sites for hydroxylation is 1. The van der Waals surface area contributed by atoms with Crippen LogP contribution in [-0.4, -0.2) is 27.5 Å². The van der Waals surface area contributed by atoms with Gasteiger partial charge in [0.1, 0.15) is 0 Å². The van der Waals surface area contributed by atoms with Gasteiger partial charge >= 0.3 is 5.69 Å². The van der Waals surface area contributed by atoms with Crippen molar-refractivity contribution in [2.75, 3.05) is 23.7 Å². The number of aromatic nitrogens is 3. The minimum Gasteiger partial charge on any atom is -0.382 e. The van der Waals surface area contributed by atoms with Gasteiger partial charge in [-0.1, -0.05) is 0 Å². The molecule has 4 heterocycles. The standard InChI is InChI=1S/C22H25FN6O2/c1-11-18-15(12-2-3-12)21(30)27-22(31)29(18)20(25)16(23)19(11)28-9-6-14(10-28)17(24)13-4-7-26-8-5-13/h4-5,7-8,12,14,17H,2-3,6,9-10,24-25H2,1H3,(H,27,30,31). The zero-order valence-electron chi connectivity index (χ0n) is 17.3. The van der Waals surface area contributed by atoms with E-state index < -0.39 is 17.1 Å². The van der Waals surface area contributed by atoms with Gasteiger partial charge in [0.2, 0.25) is 0 Å². The lowest BCUT2D eigenvalue weighted by molar-refractivity contribution is 0.473. The minimum atomic E-state index is -0.713. The highest BCUT2D eigenvalue weighted by Gasteiger charge is 2.35. The van der Waals surface area contributed by atoms with Crippen molar-refractivity contribution >= 4 is 17.0 Å². The Kier molecular flexibility index (Phi) is 4.58. The summed E-state index contributed by atoms with van der Waals surface area (Å²) < 4.78 is 16.6. The van der Waals surface area contributed by atoms with Gasteiger partial charge in [0.15, 0.2) is 11.6 Å². The van der Waals surface area contributed by atoms with E-state index in [9.17, 15) is 9.59 Å². The van der Waals surface area contributed by atoms with Crippen LogP contribution < -0.4 is 27.6 Å². The zero-order chi connectivity index (χ0) is 21.9. The molecule has 2 atom stereocenters. The molecule has 0 radical (unpaired) electrons. The fourth-order valence-electron chi connectivity index (χ4n) is 4.91. The molecule has 1 saturated carbocycles. The second-order valence-corrected chi connectivity index (χ2v) is 8.61. The van der Waals surface area contributed by atoms with E-state index in [1.165, 1.54) is 0 Å². The van der Waals surface area contributed by atoms with Gasteiger partial charge in [-0.05, 0) is 55.7 Å². The number of fused-ring (bicyclic) bond motifs is 1. The highest BCUT2D eigenvalue weighted by atomic mass is 19.1. The average molecular weight is 424 g/mol. The molecule has 162 valence electrons. The van der Waals surface area contributed by atoms with Gasteiger partial charge in [-0.25, -0.2) is 13.6 Å². The molecule has 5 N–H and O–H groups in total. The SMILES string of the molecule is Cc1c(N2CCC(C(N)c3ccncc3)C2)c(F)c(N)n2c(=O)[nH]c(=O)c(C3CC3)c12. The molecule has 31 heavy (non-hydrogen) atoms. The van der Waals surface area contributed by atoms with Gasteiger partial charge in [0, 0.05) is 42.7 Å². The van der Waals surface area contributed by atoms with E-state index in [-0.39, 0.29) is 23.7 Å². The second kappa shape index (κ2) is 7.19. The Morgan fingerprint density at radius 2 is 1.94 bits per heavy atom. The third kappa shape index (κ3) is 3.11. The van der Waals surface area contributed by atoms with Gasteiger partial charge in [0.25, 0.3) is 5.56 Å². The van der Waals surface area contributed by atoms with Crippen molar-refractivity contribution in [3.05, 3.63) is 67.9 Å². The molecule has 2 aliphatic rings. The summed E-state index contributed by atoms with van der Waals surface area (Å²) in [5.41, 5.74) is 14.3. The molecule has 0 bridgehead atoms. The summed E-state index contributed by atoms with van der Waals surface area (Å²) in [6.07, 6.45) is 5.96. The normalized spacial score (nSPS) is 19.8. The number of halogens is 1. The lowest BCUT2D eigenvalue weighted by Crippen LogP contribution is -2.33. The van der Waals surface area contributed by atoms with Crippen LogP contribution >= 0.6 is 0 Å². The van der Waals surface area contributed by atoms with Gasteiger partial charge in [-0.2, -0.15) is 0 Å². The molecule has 1 saturated heterocycles. The fourth-order valence-corrected chi connectivity index (χ4v) is 4.91. The summed E-state index contributed by atoms with van der Waals surface area (Å²) in [7, 11) is 0. The highest BCUT2D eigenvalue weighted by Crippen LogP contribution is 2.43. The first-order valence-corrected chi connectivity index (χ1v) is 10.6. The molecule has 3 aromatic rings. The van der Waals surface area contributed by atoms with Crippen LogP contribution in [0.4, 0.5) is 15.9 Å². The van der Waals surface area contributed by atoms with Crippen LogP contribution in [-0.2, 0) is 0 Å². The first-order chi connectivity index (χ1) is 14.9. The van der Waals surface area contributed by atoms with Crippen molar-refractivity contribution in [3.63, 3.8) is 0 Å². The maximum atomic E-state index is 15.5. The van der Waals surface area contributed by atoms with Crippen LogP contribution in [0, 0.1) is 18.7 Å². The van der Waals surface area contributed by atoms with Gasteiger partial charge in [0.05, 0.1) is 11.2 Å². The van der Waals surface area contributed by atoms with Crippen molar-refractivity contribution in [3.8, 4) is 0 Å². The molecule has 1 aliphatic carbocycles. The van der Waals surface area contributed by atoms with E-state index in [1.54, 1.807) is 19.3 Å². The lowest BCUT2D eigenvalue weighted by atomic mass is 9.94. The first kappa shape index (κ1) is 19.7. The largest absolute Gasteiger partial charge is 0.382 e. The third-order valence-corrected chi connectivity index (χ3v) is 6.66. The maximum Gasteiger partial charge on any atom is 0.334 e. The molecule has 3 aromatic heterocycles. The molecule has 2 unspecified atom stereocenters. The monoisotopic (exact) mass is 424 g/mol. The Bertz CT molecular complexity index is 1280. The van der Waals surface area contributed by atoms with Crippen molar-refractivity contribution in [2.45, 2.75) is 38.1 Å². The molecule has 2 fully saturated rings. The highest BCUT2D eigenvalue weighted by molar-refractivity contribution is 5.76. The summed E-state index contributed by atoms with van der Waals surface area (Å²) in [5.74, 6) is -0.718. The molecular weight excluding hydrogens is 399 g/mol. The minimum absolute atomic E-state index is 0.0715. The first-order valence-electron chi connectivity index (χ1n) is 10.6. The lowest BCUT2D eigenvalue weighted by Gasteiger charge is -2.26. The summed E-state index contributed by atoms with van der Waals surface area (Å²) in [6.45, 7) is 2.93. The predicted octanol–water partition coefficient (Wildman–Crippen LogP) is 1.82. The number of hydrogen-bond donors (Lipinski definition) is 3. The van der Waals surface area contributed by atoms with Crippen LogP contribution in [0.3, 0.4) is 0 Å². The Labute approximate surface area is 177 Å². The predicted molar refractivity (Wildman–Crippen MR) is 117 cm³/mol. The smallest absolute Gasteiger partial charge is 0.334 e. The third-order valence-electron chi connectivity index (χ3n) is 6.66. The number of nitrogen functional groups attached to an aromatic ring is 1. The summed E-state index contributed by atoms with van der Waals surface area (Å²) in [4.78, 5) is 33.3. The quantitative estimate of drug-likeness (QED) is 0.587. The van der Waals surface area contributed by atoms with Crippen LogP contribution in [0.1, 0.15) is 47.9 Å². The Balaban J connectivity index is 1.60. The second-order valence-electron chi connectivity index (χ2n) is 8.61. The number of nitrogens with one attached hydrogen (secondary N) is 1. The van der Waals surface area contributed by atoms with Gasteiger partial charge < -0.3 is 16.4 Å². The molecule has 5 rings (SSSR count). The van der Waals surface area contributed by atoms with Crippen LogP contribution in [0.2, 0.25) is 0 Å². The Morgan fingerprint density at radius 1 is 1.23 bits per heavy atom. The summed E-state index contributed by atoms with van der Waals surface area (Å²) >= 11 is 0. The average Bonchev–Trinajstić information content (AvgIpc) is 3.48. The van der Waals surface area contributed by atoms with Crippen molar-refractivity contribution in [1.82, 2.24) is 14.4 Å². The Hall–Kier alpha value is -3.20. The number of H-pyrrole nitrogens is 1. The van der Waals surface area contributed by atoms with E-state index in [1.807, 2.05) is 17.0 Å². The van der Waals surface area contributed by atoms with E-state index in [0.717, 1.165) is 29.2 Å². The van der Waals surface area contributed by atoms with E-state index in [4.69, 9.17) is 11.5 Å². The molecule has 1 aliphatic heterocycles. The number of anilines is 2. The number of nitrogens with two attached hydrogens (primary N) is 2. The summed E-state index contributed by atoms with van der Waals surface area (Å²) in [5, 5.41) is 0. The van der Waals surface area contributed by atoms with Crippen molar-refractivity contribution in [1.29, 1.82) is 0 Å². The molecule has 8 nitrogen and oxygen atoms in total. The van der Waals surface area contributed by atoms with Gasteiger partial charge in [-0.15, -0.1) is 0 Å². The fraction of sp³-hybridized carbons (Fsp3) is 0.409. The number of hydrogen-bond acceptors (Lipinski definition) is 6. The molecular formula is C22H25FN6O2. The molecule has 9 heteroatoms. The van der Waals surface area contributed by atoms with Crippen LogP contribution in [0.15, 0.2) is 34.1 Å².